The first kappa shape index (κ1) is 16.5. The lowest BCUT2D eigenvalue weighted by Crippen LogP contribution is -1.96. The fourth-order valence-electron chi connectivity index (χ4n) is 2.03. The van der Waals surface area contributed by atoms with E-state index in [0.717, 1.165) is 16.9 Å². The molecule has 25 heavy (non-hydrogen) atoms. The lowest BCUT2D eigenvalue weighted by atomic mass is 10.1. The third-order valence-electron chi connectivity index (χ3n) is 3.24. The molecule has 0 fully saturated rings. The van der Waals surface area contributed by atoms with E-state index in [4.69, 9.17) is 15.7 Å². The van der Waals surface area contributed by atoms with Crippen LogP contribution in [0.5, 0.6) is 5.75 Å². The van der Waals surface area contributed by atoms with E-state index in [1.165, 1.54) is 11.3 Å². The maximum Gasteiger partial charge on any atom is 0.205 e. The Hall–Kier alpha value is -3.37. The van der Waals surface area contributed by atoms with E-state index < -0.39 is 0 Å². The normalized spacial score (nSPS) is 10.5. The van der Waals surface area contributed by atoms with Gasteiger partial charge < -0.3 is 10.5 Å². The van der Waals surface area contributed by atoms with Crippen molar-refractivity contribution in [1.29, 1.82) is 5.26 Å². The Labute approximate surface area is 149 Å². The van der Waals surface area contributed by atoms with Crippen molar-refractivity contribution in [3.8, 4) is 11.8 Å². The van der Waals surface area contributed by atoms with Crippen LogP contribution in [0.4, 0.5) is 10.9 Å². The highest BCUT2D eigenvalue weighted by Crippen LogP contribution is 2.17. The summed E-state index contributed by atoms with van der Waals surface area (Å²) in [6.07, 6.45) is 1.69. The second-order valence-electron chi connectivity index (χ2n) is 5.12. The number of hydrogen-bond acceptors (Lipinski definition) is 7. The summed E-state index contributed by atoms with van der Waals surface area (Å²) in [4.78, 5) is 4.06. The van der Waals surface area contributed by atoms with Crippen LogP contribution in [0.25, 0.3) is 0 Å². The van der Waals surface area contributed by atoms with Crippen LogP contribution in [0.3, 0.4) is 0 Å². The molecule has 0 bridgehead atoms. The molecule has 124 valence electrons. The van der Waals surface area contributed by atoms with E-state index in [0.29, 0.717) is 23.1 Å². The topological polar surface area (TPSA) is 96.3 Å². The smallest absolute Gasteiger partial charge is 0.205 e. The molecule has 0 aliphatic heterocycles. The molecule has 2 aromatic carbocycles. The summed E-state index contributed by atoms with van der Waals surface area (Å²) >= 11 is 1.39. The second kappa shape index (κ2) is 7.95. The number of hydrogen-bond donors (Lipinski definition) is 2. The van der Waals surface area contributed by atoms with Gasteiger partial charge in [-0.2, -0.15) is 10.4 Å². The predicted octanol–water partition coefficient (Wildman–Crippen LogP) is 3.62. The minimum absolute atomic E-state index is 0.433. The van der Waals surface area contributed by atoms with Crippen molar-refractivity contribution >= 4 is 28.5 Å². The highest BCUT2D eigenvalue weighted by Gasteiger charge is 1.99. The fraction of sp³-hybridized carbons (Fsp3) is 0.0556. The van der Waals surface area contributed by atoms with Crippen molar-refractivity contribution in [1.82, 2.24) is 4.98 Å². The molecule has 3 N–H and O–H groups in total. The van der Waals surface area contributed by atoms with E-state index in [9.17, 15) is 0 Å². The number of benzene rings is 2. The quantitative estimate of drug-likeness (QED) is 0.523. The maximum atomic E-state index is 8.80. The molecule has 6 nitrogen and oxygen atoms in total. The molecule has 3 rings (SSSR count). The first-order chi connectivity index (χ1) is 12.2. The van der Waals surface area contributed by atoms with Crippen molar-refractivity contribution in [2.45, 2.75) is 6.61 Å². The van der Waals surface area contributed by atoms with Gasteiger partial charge in [-0.3, -0.25) is 5.43 Å². The van der Waals surface area contributed by atoms with E-state index in [2.05, 4.69) is 21.6 Å². The minimum Gasteiger partial charge on any atom is -0.489 e. The Morgan fingerprint density at radius 3 is 2.84 bits per heavy atom. The second-order valence-corrected chi connectivity index (χ2v) is 5.98. The lowest BCUT2D eigenvalue weighted by Gasteiger charge is -2.07. The summed E-state index contributed by atoms with van der Waals surface area (Å²) in [5.41, 5.74) is 10.9. The van der Waals surface area contributed by atoms with E-state index in [-0.39, 0.29) is 0 Å². The van der Waals surface area contributed by atoms with Crippen LogP contribution in [-0.4, -0.2) is 11.2 Å². The zero-order chi connectivity index (χ0) is 17.5. The molecule has 7 heteroatoms. The number of nitrogens with two attached hydrogens (primary N) is 1. The number of aromatic nitrogens is 1. The molecular weight excluding hydrogens is 334 g/mol. The molecule has 1 aromatic heterocycles. The molecule has 0 saturated carbocycles. The molecule has 0 aliphatic rings. The Morgan fingerprint density at radius 1 is 1.28 bits per heavy atom. The van der Waals surface area contributed by atoms with Crippen molar-refractivity contribution in [2.24, 2.45) is 5.10 Å². The number of anilines is 2. The van der Waals surface area contributed by atoms with Gasteiger partial charge in [0.2, 0.25) is 5.13 Å². The molecule has 3 aromatic rings. The SMILES string of the molecule is N#Cc1ccc(COc2cccc(C=NNc3nc(N)cs3)c2)cc1. The summed E-state index contributed by atoms with van der Waals surface area (Å²) in [5, 5.41) is 15.3. The van der Waals surface area contributed by atoms with Crippen LogP contribution in [0.1, 0.15) is 16.7 Å². The van der Waals surface area contributed by atoms with Gasteiger partial charge in [0.25, 0.3) is 0 Å². The van der Waals surface area contributed by atoms with Crippen molar-refractivity contribution in [2.75, 3.05) is 11.2 Å². The molecule has 0 atom stereocenters. The molecule has 0 radical (unpaired) electrons. The van der Waals surface area contributed by atoms with Gasteiger partial charge in [0.05, 0.1) is 17.8 Å². The molecule has 0 saturated heterocycles. The average molecular weight is 349 g/mol. The first-order valence-corrected chi connectivity index (χ1v) is 8.33. The van der Waals surface area contributed by atoms with Gasteiger partial charge in [-0.25, -0.2) is 4.98 Å². The molecule has 0 unspecified atom stereocenters. The van der Waals surface area contributed by atoms with E-state index in [1.54, 1.807) is 23.7 Å². The summed E-state index contributed by atoms with van der Waals surface area (Å²) in [6.45, 7) is 0.433. The summed E-state index contributed by atoms with van der Waals surface area (Å²) in [7, 11) is 0. The molecule has 0 amide bonds. The number of nitrogens with zero attached hydrogens (tertiary/aromatic N) is 3. The molecule has 0 spiro atoms. The number of ether oxygens (including phenoxy) is 1. The van der Waals surface area contributed by atoms with Gasteiger partial charge in [0, 0.05) is 5.38 Å². The van der Waals surface area contributed by atoms with Crippen molar-refractivity contribution in [3.05, 3.63) is 70.6 Å². The number of rotatable bonds is 6. The number of thiazole rings is 1. The molecule has 0 aliphatic carbocycles. The molecule has 1 heterocycles. The summed E-state index contributed by atoms with van der Waals surface area (Å²) in [6, 6.07) is 17.0. The Morgan fingerprint density at radius 2 is 2.12 bits per heavy atom. The van der Waals surface area contributed by atoms with Crippen LogP contribution >= 0.6 is 11.3 Å². The maximum absolute atomic E-state index is 8.80. The van der Waals surface area contributed by atoms with Crippen LogP contribution in [-0.2, 0) is 6.61 Å². The van der Waals surface area contributed by atoms with Crippen LogP contribution in [0, 0.1) is 11.3 Å². The summed E-state index contributed by atoms with van der Waals surface area (Å²) in [5.74, 6) is 1.22. The largest absolute Gasteiger partial charge is 0.489 e. The van der Waals surface area contributed by atoms with Gasteiger partial charge in [0.1, 0.15) is 18.2 Å². The fourth-order valence-corrected chi connectivity index (χ4v) is 2.57. The standard InChI is InChI=1S/C18H15N5OS/c19-9-13-4-6-14(7-5-13)11-24-16-3-1-2-15(8-16)10-21-23-18-22-17(20)12-25-18/h1-8,10,12H,11,20H2,(H,22,23). The van der Waals surface area contributed by atoms with E-state index in [1.807, 2.05) is 36.4 Å². The third kappa shape index (κ3) is 4.80. The zero-order valence-electron chi connectivity index (χ0n) is 13.2. The number of nitrogens with one attached hydrogen (secondary N) is 1. The van der Waals surface area contributed by atoms with Gasteiger partial charge in [0.15, 0.2) is 0 Å². The summed E-state index contributed by atoms with van der Waals surface area (Å²) < 4.78 is 5.78. The third-order valence-corrected chi connectivity index (χ3v) is 4.01. The number of nitrogen functional groups attached to an aromatic ring is 1. The average Bonchev–Trinajstić information content (AvgIpc) is 3.06. The zero-order valence-corrected chi connectivity index (χ0v) is 14.0. The van der Waals surface area contributed by atoms with Crippen LogP contribution in [0.15, 0.2) is 59.0 Å². The van der Waals surface area contributed by atoms with E-state index >= 15 is 0 Å². The monoisotopic (exact) mass is 349 g/mol. The highest BCUT2D eigenvalue weighted by atomic mass is 32.1. The van der Waals surface area contributed by atoms with Gasteiger partial charge in [-0.15, -0.1) is 11.3 Å². The van der Waals surface area contributed by atoms with Gasteiger partial charge in [-0.1, -0.05) is 24.3 Å². The Balaban J connectivity index is 1.58. The van der Waals surface area contributed by atoms with Crippen LogP contribution in [0.2, 0.25) is 0 Å². The molecular formula is C18H15N5OS. The predicted molar refractivity (Wildman–Crippen MR) is 99.7 cm³/mol. The Bertz CT molecular complexity index is 912. The number of hydrazone groups is 1. The van der Waals surface area contributed by atoms with Gasteiger partial charge in [-0.05, 0) is 35.4 Å². The van der Waals surface area contributed by atoms with Crippen molar-refractivity contribution < 1.29 is 4.74 Å². The van der Waals surface area contributed by atoms with Crippen molar-refractivity contribution in [3.63, 3.8) is 0 Å². The highest BCUT2D eigenvalue weighted by molar-refractivity contribution is 7.14. The first-order valence-electron chi connectivity index (χ1n) is 7.45. The number of nitriles is 1. The van der Waals surface area contributed by atoms with Gasteiger partial charge >= 0.3 is 0 Å². The Kier molecular flexibility index (Phi) is 5.24. The minimum atomic E-state index is 0.433. The lowest BCUT2D eigenvalue weighted by molar-refractivity contribution is 0.306. The van der Waals surface area contributed by atoms with Crippen LogP contribution < -0.4 is 15.9 Å².